The van der Waals surface area contributed by atoms with Gasteiger partial charge in [-0.1, -0.05) is 23.7 Å². The summed E-state index contributed by atoms with van der Waals surface area (Å²) in [5.41, 5.74) is 0.276. The molecule has 0 aliphatic carbocycles. The number of hydrogen-bond acceptors (Lipinski definition) is 3. The average Bonchev–Trinajstić information content (AvgIpc) is 2.34. The summed E-state index contributed by atoms with van der Waals surface area (Å²) in [5.74, 6) is -0.106. The fraction of sp³-hybridized carbons (Fsp3) is 0. The molecule has 0 unspecified atom stereocenters. The lowest BCUT2D eigenvalue weighted by Crippen LogP contribution is -2.13. The monoisotopic (exact) mass is 361 g/mol. The van der Waals surface area contributed by atoms with E-state index in [4.69, 9.17) is 11.6 Å². The van der Waals surface area contributed by atoms with Crippen LogP contribution in [0.1, 0.15) is 0 Å². The summed E-state index contributed by atoms with van der Waals surface area (Å²) in [6, 6.07) is 10.6. The van der Waals surface area contributed by atoms with E-state index in [2.05, 4.69) is 20.7 Å². The molecule has 2 N–H and O–H groups in total. The Balaban J connectivity index is 2.37. The Morgan fingerprint density at radius 3 is 2.47 bits per heavy atom. The zero-order valence-corrected chi connectivity index (χ0v) is 12.6. The van der Waals surface area contributed by atoms with E-state index in [9.17, 15) is 13.5 Å². The van der Waals surface area contributed by atoms with E-state index in [0.717, 1.165) is 0 Å². The van der Waals surface area contributed by atoms with E-state index in [1.54, 1.807) is 18.2 Å². The molecule has 0 aromatic heterocycles. The molecular weight excluding hydrogens is 354 g/mol. The largest absolute Gasteiger partial charge is 0.506 e. The third-order valence-electron chi connectivity index (χ3n) is 2.33. The second kappa shape index (κ2) is 5.40. The van der Waals surface area contributed by atoms with Crippen molar-refractivity contribution in [2.75, 3.05) is 4.72 Å². The lowest BCUT2D eigenvalue weighted by atomic mass is 10.3. The molecule has 0 aliphatic heterocycles. The zero-order valence-electron chi connectivity index (χ0n) is 9.47. The van der Waals surface area contributed by atoms with Crippen molar-refractivity contribution in [3.8, 4) is 5.75 Å². The van der Waals surface area contributed by atoms with Gasteiger partial charge in [0.1, 0.15) is 10.6 Å². The molecule has 0 fully saturated rings. The molecule has 0 atom stereocenters. The van der Waals surface area contributed by atoms with E-state index < -0.39 is 10.0 Å². The molecule has 0 heterocycles. The van der Waals surface area contributed by atoms with E-state index in [-0.39, 0.29) is 21.4 Å². The molecule has 4 nitrogen and oxygen atoms in total. The number of aromatic hydroxyl groups is 1. The van der Waals surface area contributed by atoms with Crippen LogP contribution >= 0.6 is 27.5 Å². The fourth-order valence-electron chi connectivity index (χ4n) is 1.44. The molecule has 100 valence electrons. The molecule has 2 aromatic rings. The van der Waals surface area contributed by atoms with Crippen LogP contribution in [0.2, 0.25) is 5.02 Å². The van der Waals surface area contributed by atoms with Gasteiger partial charge in [0.05, 0.1) is 10.7 Å². The first-order valence-electron chi connectivity index (χ1n) is 5.16. The number of hydrogen-bond donors (Lipinski definition) is 2. The molecule has 7 heteroatoms. The second-order valence-corrected chi connectivity index (χ2v) is 6.61. The molecule has 2 rings (SSSR count). The maximum Gasteiger partial charge on any atom is 0.263 e. The summed E-state index contributed by atoms with van der Waals surface area (Å²) in [5, 5.41) is 9.36. The first-order valence-corrected chi connectivity index (χ1v) is 7.81. The van der Waals surface area contributed by atoms with Gasteiger partial charge in [0.2, 0.25) is 0 Å². The molecule has 0 saturated carbocycles. The van der Waals surface area contributed by atoms with Crippen LogP contribution in [0, 0.1) is 0 Å². The highest BCUT2D eigenvalue weighted by atomic mass is 79.9. The Morgan fingerprint density at radius 2 is 1.84 bits per heavy atom. The molecule has 0 saturated heterocycles. The van der Waals surface area contributed by atoms with Gasteiger partial charge in [-0.25, -0.2) is 8.42 Å². The van der Waals surface area contributed by atoms with Crippen LogP contribution in [0.15, 0.2) is 51.8 Å². The number of phenolic OH excluding ortho intramolecular Hbond substituents is 1. The van der Waals surface area contributed by atoms with Crippen LogP contribution in [0.25, 0.3) is 0 Å². The van der Waals surface area contributed by atoms with Gasteiger partial charge in [0, 0.05) is 4.47 Å². The van der Waals surface area contributed by atoms with Gasteiger partial charge in [-0.3, -0.25) is 4.72 Å². The van der Waals surface area contributed by atoms with E-state index in [1.807, 2.05) is 0 Å². The summed E-state index contributed by atoms with van der Waals surface area (Å²) < 4.78 is 27.2. The van der Waals surface area contributed by atoms with Crippen molar-refractivity contribution < 1.29 is 13.5 Å². The first kappa shape index (κ1) is 14.2. The zero-order chi connectivity index (χ0) is 14.0. The summed E-state index contributed by atoms with van der Waals surface area (Å²) in [4.78, 5) is 0.124. The minimum absolute atomic E-state index is 0.0762. The first-order chi connectivity index (χ1) is 8.90. The molecule has 0 aliphatic rings. The number of rotatable bonds is 3. The van der Waals surface area contributed by atoms with Gasteiger partial charge in [-0.2, -0.15) is 0 Å². The number of benzene rings is 2. The van der Waals surface area contributed by atoms with E-state index in [0.29, 0.717) is 4.47 Å². The maximum absolute atomic E-state index is 12.2. The topological polar surface area (TPSA) is 66.4 Å². The smallest absolute Gasteiger partial charge is 0.263 e. The summed E-state index contributed by atoms with van der Waals surface area (Å²) in [6.07, 6.45) is 0. The number of nitrogens with one attached hydrogen (secondary N) is 1. The molecule has 0 amide bonds. The summed E-state index contributed by atoms with van der Waals surface area (Å²) >= 11 is 8.91. The van der Waals surface area contributed by atoms with Crippen molar-refractivity contribution in [1.29, 1.82) is 0 Å². The highest BCUT2D eigenvalue weighted by molar-refractivity contribution is 9.10. The van der Waals surface area contributed by atoms with Crippen molar-refractivity contribution in [2.24, 2.45) is 0 Å². The number of phenols is 1. The summed E-state index contributed by atoms with van der Waals surface area (Å²) in [7, 11) is -3.71. The van der Waals surface area contributed by atoms with Crippen LogP contribution < -0.4 is 4.72 Å². The van der Waals surface area contributed by atoms with Crippen molar-refractivity contribution in [2.45, 2.75) is 4.90 Å². The third kappa shape index (κ3) is 3.20. The highest BCUT2D eigenvalue weighted by Gasteiger charge is 2.17. The lowest BCUT2D eigenvalue weighted by molar-refractivity contribution is 0.475. The van der Waals surface area contributed by atoms with Gasteiger partial charge in [0.15, 0.2) is 0 Å². The minimum Gasteiger partial charge on any atom is -0.506 e. The van der Waals surface area contributed by atoms with E-state index in [1.165, 1.54) is 24.3 Å². The van der Waals surface area contributed by atoms with Crippen molar-refractivity contribution >= 4 is 43.2 Å². The minimum atomic E-state index is -3.71. The van der Waals surface area contributed by atoms with Crippen molar-refractivity contribution in [3.05, 3.63) is 52.0 Å². The van der Waals surface area contributed by atoms with E-state index >= 15 is 0 Å². The van der Waals surface area contributed by atoms with Crippen LogP contribution in [0.4, 0.5) is 5.69 Å². The SMILES string of the molecule is O=S(=O)(Nc1ccc(O)c(Cl)c1)c1ccccc1Br. The maximum atomic E-state index is 12.2. The molecule has 0 radical (unpaired) electrons. The molecule has 19 heavy (non-hydrogen) atoms. The third-order valence-corrected chi connectivity index (χ3v) is 5.02. The van der Waals surface area contributed by atoms with Crippen LogP contribution in [0.5, 0.6) is 5.75 Å². The second-order valence-electron chi connectivity index (χ2n) is 3.70. The molecule has 0 bridgehead atoms. The Bertz CT molecular complexity index is 719. The van der Waals surface area contributed by atoms with Gasteiger partial charge < -0.3 is 5.11 Å². The molecular formula is C12H9BrClNO3S. The fourth-order valence-corrected chi connectivity index (χ4v) is 3.68. The molecule has 0 spiro atoms. The number of sulfonamides is 1. The Kier molecular flexibility index (Phi) is 4.03. The van der Waals surface area contributed by atoms with Crippen molar-refractivity contribution in [1.82, 2.24) is 0 Å². The standard InChI is InChI=1S/C12H9BrClNO3S/c13-9-3-1-2-4-12(9)19(17,18)15-8-5-6-11(16)10(14)7-8/h1-7,15-16H. The predicted molar refractivity (Wildman–Crippen MR) is 78.1 cm³/mol. The van der Waals surface area contributed by atoms with Crippen LogP contribution in [0.3, 0.4) is 0 Å². The summed E-state index contributed by atoms with van der Waals surface area (Å²) in [6.45, 7) is 0. The van der Waals surface area contributed by atoms with Crippen LogP contribution in [-0.2, 0) is 10.0 Å². The average molecular weight is 363 g/mol. The van der Waals surface area contributed by atoms with Gasteiger partial charge in [-0.15, -0.1) is 0 Å². The quantitative estimate of drug-likeness (QED) is 0.820. The lowest BCUT2D eigenvalue weighted by Gasteiger charge is -2.10. The number of anilines is 1. The Labute approximate surface area is 124 Å². The predicted octanol–water partition coefficient (Wildman–Crippen LogP) is 3.61. The molecule has 2 aromatic carbocycles. The number of halogens is 2. The van der Waals surface area contributed by atoms with Crippen molar-refractivity contribution in [3.63, 3.8) is 0 Å². The normalized spacial score (nSPS) is 11.3. The van der Waals surface area contributed by atoms with Gasteiger partial charge >= 0.3 is 0 Å². The van der Waals surface area contributed by atoms with Gasteiger partial charge in [-0.05, 0) is 46.3 Å². The van der Waals surface area contributed by atoms with Crippen LogP contribution in [-0.4, -0.2) is 13.5 Å². The Morgan fingerprint density at radius 1 is 1.16 bits per heavy atom. The van der Waals surface area contributed by atoms with Gasteiger partial charge in [0.25, 0.3) is 10.0 Å². The highest BCUT2D eigenvalue weighted by Crippen LogP contribution is 2.28. The Hall–Kier alpha value is -1.24.